The molecule has 0 radical (unpaired) electrons. The van der Waals surface area contributed by atoms with Crippen molar-refractivity contribution in [2.75, 3.05) is 12.0 Å². The van der Waals surface area contributed by atoms with Crippen LogP contribution in [0, 0.1) is 13.8 Å². The number of aromatic nitrogens is 2. The van der Waals surface area contributed by atoms with Gasteiger partial charge in [0.15, 0.2) is 15.7 Å². The maximum absolute atomic E-state index is 11.1. The lowest BCUT2D eigenvalue weighted by Gasteiger charge is -1.94. The molecule has 0 spiro atoms. The Balaban J connectivity index is 2.41. The van der Waals surface area contributed by atoms with Crippen LogP contribution in [0.5, 0.6) is 0 Å². The molecular formula is C10H13N3O3S2. The lowest BCUT2D eigenvalue weighted by Crippen LogP contribution is -2.02. The second-order valence-corrected chi connectivity index (χ2v) is 7.50. The largest absolute Gasteiger partial charge is 0.390 e. The van der Waals surface area contributed by atoms with Crippen LogP contribution in [0.3, 0.4) is 0 Å². The molecule has 18 heavy (non-hydrogen) atoms. The summed E-state index contributed by atoms with van der Waals surface area (Å²) in [5.74, 6) is 0.182. The van der Waals surface area contributed by atoms with Gasteiger partial charge in [0.1, 0.15) is 5.75 Å². The first-order chi connectivity index (χ1) is 8.28. The number of hydrogen-bond donors (Lipinski definition) is 1. The molecule has 0 atom stereocenters. The summed E-state index contributed by atoms with van der Waals surface area (Å²) in [5.41, 5.74) is 7.56. The Kier molecular flexibility index (Phi) is 3.16. The first-order valence-corrected chi connectivity index (χ1v) is 8.02. The standard InChI is InChI=1S/C10H13N3O3S2/c1-5-6(2)17-9(11)8(5)10-12-7(13-16-10)4-18(3,14)15/h4,11H2,1-3H3. The van der Waals surface area contributed by atoms with E-state index in [9.17, 15) is 8.42 Å². The molecule has 2 N–H and O–H groups in total. The molecule has 0 aliphatic heterocycles. The normalized spacial score (nSPS) is 11.9. The van der Waals surface area contributed by atoms with Gasteiger partial charge in [0, 0.05) is 11.1 Å². The number of hydrogen-bond acceptors (Lipinski definition) is 7. The molecule has 0 aliphatic carbocycles. The van der Waals surface area contributed by atoms with Gasteiger partial charge in [-0.05, 0) is 19.4 Å². The van der Waals surface area contributed by atoms with Crippen molar-refractivity contribution in [3.63, 3.8) is 0 Å². The third kappa shape index (κ3) is 2.54. The molecule has 0 fully saturated rings. The van der Waals surface area contributed by atoms with Crippen molar-refractivity contribution in [2.24, 2.45) is 0 Å². The average Bonchev–Trinajstić information content (AvgIpc) is 2.71. The zero-order chi connectivity index (χ0) is 13.5. The van der Waals surface area contributed by atoms with Crippen molar-refractivity contribution in [3.8, 4) is 11.5 Å². The highest BCUT2D eigenvalue weighted by molar-refractivity contribution is 7.89. The molecule has 6 nitrogen and oxygen atoms in total. The van der Waals surface area contributed by atoms with E-state index in [1.54, 1.807) is 0 Å². The lowest BCUT2D eigenvalue weighted by atomic mass is 10.1. The molecule has 0 saturated carbocycles. The highest BCUT2D eigenvalue weighted by atomic mass is 32.2. The molecule has 0 aliphatic rings. The minimum atomic E-state index is -3.17. The van der Waals surface area contributed by atoms with Gasteiger partial charge in [-0.15, -0.1) is 11.3 Å². The molecule has 0 unspecified atom stereocenters. The molecule has 0 saturated heterocycles. The van der Waals surface area contributed by atoms with E-state index in [4.69, 9.17) is 10.3 Å². The Morgan fingerprint density at radius 1 is 1.39 bits per heavy atom. The van der Waals surface area contributed by atoms with Gasteiger partial charge < -0.3 is 10.3 Å². The monoisotopic (exact) mass is 287 g/mol. The van der Waals surface area contributed by atoms with Crippen LogP contribution in [0.1, 0.15) is 16.3 Å². The SMILES string of the molecule is Cc1sc(N)c(-c2nc(CS(C)(=O)=O)no2)c1C. The minimum absolute atomic E-state index is 0.148. The summed E-state index contributed by atoms with van der Waals surface area (Å²) in [6, 6.07) is 0. The quantitative estimate of drug-likeness (QED) is 0.919. The van der Waals surface area contributed by atoms with Crippen LogP contribution in [0.2, 0.25) is 0 Å². The molecule has 2 aromatic heterocycles. The summed E-state index contributed by atoms with van der Waals surface area (Å²) in [6.45, 7) is 3.87. The predicted molar refractivity (Wildman–Crippen MR) is 70.0 cm³/mol. The van der Waals surface area contributed by atoms with Crippen molar-refractivity contribution in [2.45, 2.75) is 19.6 Å². The third-order valence-electron chi connectivity index (χ3n) is 2.49. The fourth-order valence-electron chi connectivity index (χ4n) is 1.57. The van der Waals surface area contributed by atoms with E-state index < -0.39 is 9.84 Å². The van der Waals surface area contributed by atoms with Crippen LogP contribution >= 0.6 is 11.3 Å². The lowest BCUT2D eigenvalue weighted by molar-refractivity contribution is 0.424. The van der Waals surface area contributed by atoms with Crippen LogP contribution in [-0.4, -0.2) is 24.8 Å². The third-order valence-corrected chi connectivity index (χ3v) is 4.30. The van der Waals surface area contributed by atoms with Crippen LogP contribution in [0.4, 0.5) is 5.00 Å². The van der Waals surface area contributed by atoms with E-state index in [0.29, 0.717) is 10.6 Å². The fraction of sp³-hybridized carbons (Fsp3) is 0.400. The average molecular weight is 287 g/mol. The van der Waals surface area contributed by atoms with E-state index in [2.05, 4.69) is 10.1 Å². The first kappa shape index (κ1) is 13.0. The molecule has 98 valence electrons. The van der Waals surface area contributed by atoms with Crippen LogP contribution < -0.4 is 5.73 Å². The molecular weight excluding hydrogens is 274 g/mol. The first-order valence-electron chi connectivity index (χ1n) is 5.14. The van der Waals surface area contributed by atoms with Crippen LogP contribution in [0.25, 0.3) is 11.5 Å². The van der Waals surface area contributed by atoms with Crippen molar-refractivity contribution in [3.05, 3.63) is 16.3 Å². The smallest absolute Gasteiger partial charge is 0.261 e. The number of thiophene rings is 1. The van der Waals surface area contributed by atoms with Gasteiger partial charge >= 0.3 is 0 Å². The Morgan fingerprint density at radius 3 is 2.56 bits per heavy atom. The number of nitrogens with two attached hydrogens (primary N) is 1. The second-order valence-electron chi connectivity index (χ2n) is 4.11. The summed E-state index contributed by atoms with van der Waals surface area (Å²) in [7, 11) is -3.17. The maximum atomic E-state index is 11.1. The summed E-state index contributed by atoms with van der Waals surface area (Å²) < 4.78 is 27.4. The topological polar surface area (TPSA) is 99.1 Å². The molecule has 2 heterocycles. The zero-order valence-electron chi connectivity index (χ0n) is 10.2. The Morgan fingerprint density at radius 2 is 2.06 bits per heavy atom. The Hall–Kier alpha value is -1.41. The van der Waals surface area contributed by atoms with E-state index in [-0.39, 0.29) is 17.5 Å². The summed E-state index contributed by atoms with van der Waals surface area (Å²) >= 11 is 1.44. The number of nitrogens with zero attached hydrogens (tertiary/aromatic N) is 2. The molecule has 0 amide bonds. The molecule has 0 aromatic carbocycles. The van der Waals surface area contributed by atoms with Crippen molar-refractivity contribution >= 4 is 26.2 Å². The van der Waals surface area contributed by atoms with E-state index >= 15 is 0 Å². The van der Waals surface area contributed by atoms with Crippen LogP contribution in [-0.2, 0) is 15.6 Å². The summed E-state index contributed by atoms with van der Waals surface area (Å²) in [5, 5.41) is 4.25. The van der Waals surface area contributed by atoms with Crippen molar-refractivity contribution in [1.29, 1.82) is 0 Å². The summed E-state index contributed by atoms with van der Waals surface area (Å²) in [6.07, 6.45) is 1.12. The highest BCUT2D eigenvalue weighted by Gasteiger charge is 2.19. The van der Waals surface area contributed by atoms with Gasteiger partial charge in [-0.25, -0.2) is 8.42 Å². The zero-order valence-corrected chi connectivity index (χ0v) is 11.9. The number of nitrogen functional groups attached to an aromatic ring is 1. The van der Waals surface area contributed by atoms with Gasteiger partial charge in [0.2, 0.25) is 0 Å². The maximum Gasteiger partial charge on any atom is 0.261 e. The predicted octanol–water partition coefficient (Wildman–Crippen LogP) is 1.54. The Bertz CT molecular complexity index is 685. The highest BCUT2D eigenvalue weighted by Crippen LogP contribution is 2.37. The number of aryl methyl sites for hydroxylation is 1. The van der Waals surface area contributed by atoms with Gasteiger partial charge in [0.05, 0.1) is 10.6 Å². The number of sulfone groups is 1. The van der Waals surface area contributed by atoms with Crippen molar-refractivity contribution in [1.82, 2.24) is 10.1 Å². The van der Waals surface area contributed by atoms with E-state index in [0.717, 1.165) is 16.7 Å². The van der Waals surface area contributed by atoms with Crippen LogP contribution in [0.15, 0.2) is 4.52 Å². The summed E-state index contributed by atoms with van der Waals surface area (Å²) in [4.78, 5) is 5.14. The van der Waals surface area contributed by atoms with E-state index in [1.165, 1.54) is 11.3 Å². The van der Waals surface area contributed by atoms with Gasteiger partial charge in [-0.3, -0.25) is 0 Å². The molecule has 2 rings (SSSR count). The molecule has 0 bridgehead atoms. The number of anilines is 1. The van der Waals surface area contributed by atoms with E-state index in [1.807, 2.05) is 13.8 Å². The van der Waals surface area contributed by atoms with Gasteiger partial charge in [0.25, 0.3) is 5.89 Å². The molecule has 8 heteroatoms. The van der Waals surface area contributed by atoms with Gasteiger partial charge in [-0.1, -0.05) is 5.16 Å². The van der Waals surface area contributed by atoms with Gasteiger partial charge in [-0.2, -0.15) is 4.98 Å². The second kappa shape index (κ2) is 4.36. The van der Waals surface area contributed by atoms with Crippen molar-refractivity contribution < 1.29 is 12.9 Å². The minimum Gasteiger partial charge on any atom is -0.390 e. The fourth-order valence-corrected chi connectivity index (χ4v) is 3.08. The number of rotatable bonds is 3. The molecule has 2 aromatic rings. The Labute approximate surface area is 109 Å².